The zero-order valence-corrected chi connectivity index (χ0v) is 12.1. The summed E-state index contributed by atoms with van der Waals surface area (Å²) in [7, 11) is 3.51. The topological polar surface area (TPSA) is 21.3 Å². The van der Waals surface area contributed by atoms with Gasteiger partial charge in [-0.05, 0) is 73.6 Å². The lowest BCUT2D eigenvalue weighted by Gasteiger charge is -2.21. The van der Waals surface area contributed by atoms with E-state index in [1.165, 1.54) is 26.4 Å². The van der Waals surface area contributed by atoms with Gasteiger partial charge in [-0.3, -0.25) is 0 Å². The molecule has 3 fully saturated rings. The monoisotopic (exact) mass is 275 g/mol. The van der Waals surface area contributed by atoms with E-state index in [0.29, 0.717) is 11.8 Å². The van der Waals surface area contributed by atoms with E-state index in [0.717, 1.165) is 35.2 Å². The normalized spacial score (nSPS) is 38.6. The van der Waals surface area contributed by atoms with Crippen molar-refractivity contribution in [3.05, 3.63) is 29.6 Å². The van der Waals surface area contributed by atoms with Gasteiger partial charge in [-0.2, -0.15) is 0 Å². The highest BCUT2D eigenvalue weighted by Gasteiger charge is 2.66. The molecular weight excluding hydrogens is 253 g/mol. The van der Waals surface area contributed by atoms with Crippen LogP contribution in [0.4, 0.5) is 4.39 Å². The molecule has 1 aromatic carbocycles. The molecule has 2 nitrogen and oxygen atoms in total. The average molecular weight is 275 g/mol. The molecule has 0 aromatic heterocycles. The molecule has 1 N–H and O–H groups in total. The number of fused-ring (bicyclic) bond motifs is 5. The molecule has 0 aliphatic heterocycles. The number of benzene rings is 1. The van der Waals surface area contributed by atoms with E-state index in [1.807, 2.05) is 13.1 Å². The largest absolute Gasteiger partial charge is 0.494 e. The predicted molar refractivity (Wildman–Crippen MR) is 76.1 cm³/mol. The van der Waals surface area contributed by atoms with Crippen LogP contribution in [0.25, 0.3) is 0 Å². The lowest BCUT2D eigenvalue weighted by molar-refractivity contribution is 0.375. The van der Waals surface area contributed by atoms with Crippen molar-refractivity contribution >= 4 is 0 Å². The van der Waals surface area contributed by atoms with Crippen molar-refractivity contribution in [1.82, 2.24) is 5.32 Å². The second kappa shape index (κ2) is 4.45. The second-order valence-electron chi connectivity index (χ2n) is 6.73. The molecule has 0 heterocycles. The number of rotatable bonds is 4. The minimum Gasteiger partial charge on any atom is -0.494 e. The summed E-state index contributed by atoms with van der Waals surface area (Å²) in [6, 6.07) is 5.71. The average Bonchev–Trinajstić information content (AvgIpc) is 2.88. The van der Waals surface area contributed by atoms with E-state index in [4.69, 9.17) is 4.74 Å². The van der Waals surface area contributed by atoms with Gasteiger partial charge in [0.15, 0.2) is 11.6 Å². The van der Waals surface area contributed by atoms with Gasteiger partial charge in [-0.1, -0.05) is 6.07 Å². The Hall–Kier alpha value is -1.09. The highest BCUT2D eigenvalue weighted by molar-refractivity contribution is 5.33. The molecule has 0 spiro atoms. The number of hydrogen-bond donors (Lipinski definition) is 1. The Bertz CT molecular complexity index is 516. The van der Waals surface area contributed by atoms with E-state index < -0.39 is 0 Å². The Balaban J connectivity index is 1.59. The van der Waals surface area contributed by atoms with Crippen LogP contribution >= 0.6 is 0 Å². The Kier molecular flexibility index (Phi) is 2.81. The molecule has 3 aliphatic rings. The summed E-state index contributed by atoms with van der Waals surface area (Å²) in [5, 5.41) is 3.43. The first-order valence-corrected chi connectivity index (χ1v) is 7.75. The van der Waals surface area contributed by atoms with Gasteiger partial charge >= 0.3 is 0 Å². The maximum atomic E-state index is 13.9. The van der Waals surface area contributed by atoms with Gasteiger partial charge in [0.05, 0.1) is 7.11 Å². The summed E-state index contributed by atoms with van der Waals surface area (Å²) in [5.74, 6) is 4.51. The molecule has 2 bridgehead atoms. The smallest absolute Gasteiger partial charge is 0.165 e. The first-order chi connectivity index (χ1) is 9.74. The number of halogens is 1. The summed E-state index contributed by atoms with van der Waals surface area (Å²) >= 11 is 0. The Morgan fingerprint density at radius 2 is 1.95 bits per heavy atom. The van der Waals surface area contributed by atoms with Crippen LogP contribution in [0.5, 0.6) is 5.75 Å². The Morgan fingerprint density at radius 3 is 2.50 bits per heavy atom. The van der Waals surface area contributed by atoms with Gasteiger partial charge in [0.2, 0.25) is 0 Å². The first-order valence-electron chi connectivity index (χ1n) is 7.75. The maximum Gasteiger partial charge on any atom is 0.165 e. The third-order valence-electron chi connectivity index (χ3n) is 6.03. The highest BCUT2D eigenvalue weighted by Crippen LogP contribution is 2.72. The van der Waals surface area contributed by atoms with Crippen molar-refractivity contribution < 1.29 is 9.13 Å². The molecule has 1 aromatic rings. The van der Waals surface area contributed by atoms with Gasteiger partial charge < -0.3 is 10.1 Å². The van der Waals surface area contributed by atoms with Crippen LogP contribution in [0, 0.1) is 35.4 Å². The molecule has 5 unspecified atom stereocenters. The van der Waals surface area contributed by atoms with Crippen LogP contribution in [0.15, 0.2) is 18.2 Å². The van der Waals surface area contributed by atoms with Crippen LogP contribution in [0.3, 0.4) is 0 Å². The summed E-state index contributed by atoms with van der Waals surface area (Å²) in [5.41, 5.74) is 1.07. The summed E-state index contributed by atoms with van der Waals surface area (Å²) in [4.78, 5) is 0. The van der Waals surface area contributed by atoms with Crippen LogP contribution in [0.1, 0.15) is 30.9 Å². The first kappa shape index (κ1) is 12.6. The molecular formula is C17H22FNO. The summed E-state index contributed by atoms with van der Waals surface area (Å²) in [6.45, 7) is 0. The minimum atomic E-state index is -0.251. The zero-order valence-electron chi connectivity index (χ0n) is 12.1. The van der Waals surface area contributed by atoms with Gasteiger partial charge in [0.1, 0.15) is 0 Å². The van der Waals surface area contributed by atoms with Crippen molar-refractivity contribution in [2.45, 2.75) is 25.3 Å². The van der Waals surface area contributed by atoms with Crippen LogP contribution < -0.4 is 10.1 Å². The fourth-order valence-corrected chi connectivity index (χ4v) is 5.30. The molecule has 0 radical (unpaired) electrons. The summed E-state index contributed by atoms with van der Waals surface area (Å²) < 4.78 is 18.9. The van der Waals surface area contributed by atoms with Crippen LogP contribution in [-0.4, -0.2) is 14.2 Å². The Labute approximate surface area is 119 Å². The van der Waals surface area contributed by atoms with Gasteiger partial charge in [0.25, 0.3) is 0 Å². The van der Waals surface area contributed by atoms with Gasteiger partial charge in [0, 0.05) is 6.04 Å². The van der Waals surface area contributed by atoms with Gasteiger partial charge in [-0.15, -0.1) is 0 Å². The SMILES string of the molecule is CNC(c1ccc(OC)c(F)c1)C1C2C3CCC(C3)C21. The number of ether oxygens (including phenoxy) is 1. The molecule has 3 aliphatic carbocycles. The summed E-state index contributed by atoms with van der Waals surface area (Å²) in [6.07, 6.45) is 4.31. The molecule has 0 saturated heterocycles. The lowest BCUT2D eigenvalue weighted by Crippen LogP contribution is -2.22. The van der Waals surface area contributed by atoms with Crippen molar-refractivity contribution in [3.63, 3.8) is 0 Å². The van der Waals surface area contributed by atoms with E-state index in [2.05, 4.69) is 5.32 Å². The highest BCUT2D eigenvalue weighted by atomic mass is 19.1. The van der Waals surface area contributed by atoms with E-state index in [1.54, 1.807) is 12.1 Å². The fraction of sp³-hybridized carbons (Fsp3) is 0.647. The predicted octanol–water partition coefficient (Wildman–Crippen LogP) is 3.39. The quantitative estimate of drug-likeness (QED) is 0.909. The molecule has 0 amide bonds. The molecule has 5 atom stereocenters. The third-order valence-corrected chi connectivity index (χ3v) is 6.03. The number of hydrogen-bond acceptors (Lipinski definition) is 2. The zero-order chi connectivity index (χ0) is 13.9. The molecule has 4 rings (SSSR count). The molecule has 20 heavy (non-hydrogen) atoms. The minimum absolute atomic E-state index is 0.251. The van der Waals surface area contributed by atoms with E-state index >= 15 is 0 Å². The van der Waals surface area contributed by atoms with Crippen molar-refractivity contribution in [2.24, 2.45) is 29.6 Å². The van der Waals surface area contributed by atoms with Crippen molar-refractivity contribution in [2.75, 3.05) is 14.2 Å². The van der Waals surface area contributed by atoms with Crippen LogP contribution in [-0.2, 0) is 0 Å². The van der Waals surface area contributed by atoms with Crippen molar-refractivity contribution in [1.29, 1.82) is 0 Å². The molecule has 3 saturated carbocycles. The lowest BCUT2D eigenvalue weighted by atomic mass is 9.93. The number of methoxy groups -OCH3 is 1. The Morgan fingerprint density at radius 1 is 1.25 bits per heavy atom. The van der Waals surface area contributed by atoms with Gasteiger partial charge in [-0.25, -0.2) is 4.39 Å². The fourth-order valence-electron chi connectivity index (χ4n) is 5.30. The molecule has 108 valence electrons. The van der Waals surface area contributed by atoms with E-state index in [-0.39, 0.29) is 5.82 Å². The third kappa shape index (κ3) is 1.65. The second-order valence-corrected chi connectivity index (χ2v) is 6.73. The van der Waals surface area contributed by atoms with E-state index in [9.17, 15) is 4.39 Å². The standard InChI is InChI=1S/C17H22FNO/c1-19-17(11-5-6-13(20-2)12(18)8-11)16-14-9-3-4-10(7-9)15(14)16/h5-6,8-10,14-17,19H,3-4,7H2,1-2H3. The molecule has 3 heteroatoms. The maximum absolute atomic E-state index is 13.9. The van der Waals surface area contributed by atoms with Crippen molar-refractivity contribution in [3.8, 4) is 5.75 Å². The number of nitrogens with one attached hydrogen (secondary N) is 1. The van der Waals surface area contributed by atoms with Crippen LogP contribution in [0.2, 0.25) is 0 Å².